The fraction of sp³-hybridized carbons (Fsp3) is 0.750. The highest BCUT2D eigenvalue weighted by Crippen LogP contribution is 2.31. The minimum absolute atomic E-state index is 0.0458. The molecule has 0 aromatic carbocycles. The summed E-state index contributed by atoms with van der Waals surface area (Å²) in [6, 6.07) is 0. The number of thiazole rings is 1. The van der Waals surface area contributed by atoms with Gasteiger partial charge in [-0.3, -0.25) is 9.59 Å². The lowest BCUT2D eigenvalue weighted by molar-refractivity contribution is -0.138. The second-order valence-electron chi connectivity index (χ2n) is 8.88. The van der Waals surface area contributed by atoms with Crippen molar-refractivity contribution in [3.63, 3.8) is 0 Å². The number of piperidine rings is 1. The van der Waals surface area contributed by atoms with E-state index in [0.717, 1.165) is 54.6 Å². The molecule has 0 atom stereocenters. The number of hydrogen-bond donors (Lipinski definition) is 0. The zero-order chi connectivity index (χ0) is 19.8. The van der Waals surface area contributed by atoms with Crippen LogP contribution in [-0.4, -0.2) is 77.8 Å². The second kappa shape index (κ2) is 7.87. The van der Waals surface area contributed by atoms with Crippen molar-refractivity contribution in [1.82, 2.24) is 19.7 Å². The van der Waals surface area contributed by atoms with E-state index < -0.39 is 0 Å². The minimum atomic E-state index is -0.0458. The topological polar surface area (TPSA) is 56.8 Å². The van der Waals surface area contributed by atoms with Crippen LogP contribution in [0.4, 0.5) is 0 Å². The van der Waals surface area contributed by atoms with E-state index in [1.807, 2.05) is 16.7 Å². The average molecular weight is 393 g/mol. The summed E-state index contributed by atoms with van der Waals surface area (Å²) >= 11 is 1.52. The van der Waals surface area contributed by atoms with E-state index in [1.165, 1.54) is 11.3 Å². The molecular formula is C20H32N4O2S. The van der Waals surface area contributed by atoms with Crippen LogP contribution in [0.2, 0.25) is 0 Å². The van der Waals surface area contributed by atoms with E-state index in [0.29, 0.717) is 13.1 Å². The lowest BCUT2D eigenvalue weighted by atomic mass is 9.94. The number of likely N-dealkylation sites (tertiary alicyclic amines) is 1. The van der Waals surface area contributed by atoms with Gasteiger partial charge in [0.1, 0.15) is 4.88 Å². The SMILES string of the molecule is Cc1nc(C(C)(C)C)sc1C(=O)N1CCC(C(=O)N2CCN(C)CC2)CC1. The Kier molecular flexibility index (Phi) is 5.91. The van der Waals surface area contributed by atoms with Crippen LogP contribution in [0.3, 0.4) is 0 Å². The van der Waals surface area contributed by atoms with Gasteiger partial charge < -0.3 is 14.7 Å². The van der Waals surface area contributed by atoms with Crippen molar-refractivity contribution in [2.75, 3.05) is 46.3 Å². The molecule has 3 rings (SSSR count). The molecule has 1 aromatic heterocycles. The molecule has 7 heteroatoms. The van der Waals surface area contributed by atoms with Crippen molar-refractivity contribution < 1.29 is 9.59 Å². The number of rotatable bonds is 2. The number of carbonyl (C=O) groups is 2. The Labute approximate surface area is 166 Å². The first kappa shape index (κ1) is 20.3. The highest BCUT2D eigenvalue weighted by molar-refractivity contribution is 7.14. The van der Waals surface area contributed by atoms with Crippen LogP contribution in [0.15, 0.2) is 0 Å². The summed E-state index contributed by atoms with van der Waals surface area (Å²) in [4.78, 5) is 37.3. The van der Waals surface area contributed by atoms with Crippen molar-refractivity contribution in [3.8, 4) is 0 Å². The van der Waals surface area contributed by atoms with Gasteiger partial charge in [-0.1, -0.05) is 20.8 Å². The molecular weight excluding hydrogens is 360 g/mol. The van der Waals surface area contributed by atoms with E-state index in [2.05, 4.69) is 37.7 Å². The molecule has 2 saturated heterocycles. The molecule has 0 N–H and O–H groups in total. The van der Waals surface area contributed by atoms with Crippen molar-refractivity contribution in [2.45, 2.75) is 46.0 Å². The van der Waals surface area contributed by atoms with Crippen LogP contribution >= 0.6 is 11.3 Å². The fourth-order valence-electron chi connectivity index (χ4n) is 3.67. The Hall–Kier alpha value is -1.47. The standard InChI is InChI=1S/C20H32N4O2S/c1-14-16(27-19(21-14)20(2,3)4)18(26)23-8-6-15(7-9-23)17(25)24-12-10-22(5)11-13-24/h15H,6-13H2,1-5H3. The van der Waals surface area contributed by atoms with Gasteiger partial charge in [-0.05, 0) is 26.8 Å². The van der Waals surface area contributed by atoms with Gasteiger partial charge in [0.05, 0.1) is 10.7 Å². The monoisotopic (exact) mass is 392 g/mol. The number of carbonyl (C=O) groups excluding carboxylic acids is 2. The molecule has 2 amide bonds. The molecule has 0 spiro atoms. The van der Waals surface area contributed by atoms with Crippen molar-refractivity contribution >= 4 is 23.2 Å². The first-order valence-electron chi connectivity index (χ1n) is 9.91. The zero-order valence-corrected chi connectivity index (χ0v) is 18.1. The third kappa shape index (κ3) is 4.51. The van der Waals surface area contributed by atoms with Crippen molar-refractivity contribution in [1.29, 1.82) is 0 Å². The predicted octanol–water partition coefficient (Wildman–Crippen LogP) is 2.38. The summed E-state index contributed by atoms with van der Waals surface area (Å²) in [7, 11) is 2.10. The summed E-state index contributed by atoms with van der Waals surface area (Å²) in [5.74, 6) is 0.412. The first-order valence-corrected chi connectivity index (χ1v) is 10.7. The Balaban J connectivity index is 1.58. The highest BCUT2D eigenvalue weighted by atomic mass is 32.1. The Bertz CT molecular complexity index is 693. The highest BCUT2D eigenvalue weighted by Gasteiger charge is 2.33. The Morgan fingerprint density at radius 2 is 1.59 bits per heavy atom. The molecule has 2 aliphatic heterocycles. The largest absolute Gasteiger partial charge is 0.340 e. The molecule has 3 heterocycles. The summed E-state index contributed by atoms with van der Waals surface area (Å²) in [5, 5.41) is 1.00. The van der Waals surface area contributed by atoms with Crippen LogP contribution in [-0.2, 0) is 10.2 Å². The number of nitrogens with zero attached hydrogens (tertiary/aromatic N) is 4. The predicted molar refractivity (Wildman–Crippen MR) is 108 cm³/mol. The molecule has 2 fully saturated rings. The van der Waals surface area contributed by atoms with Gasteiger partial charge >= 0.3 is 0 Å². The van der Waals surface area contributed by atoms with Gasteiger partial charge in [0.25, 0.3) is 5.91 Å². The zero-order valence-electron chi connectivity index (χ0n) is 17.2. The van der Waals surface area contributed by atoms with E-state index in [1.54, 1.807) is 0 Å². The maximum Gasteiger partial charge on any atom is 0.265 e. The summed E-state index contributed by atoms with van der Waals surface area (Å²) in [5.41, 5.74) is 0.779. The molecule has 0 bridgehead atoms. The van der Waals surface area contributed by atoms with Crippen molar-refractivity contribution in [3.05, 3.63) is 15.6 Å². The number of aromatic nitrogens is 1. The third-order valence-electron chi connectivity index (χ3n) is 5.58. The summed E-state index contributed by atoms with van der Waals surface area (Å²) in [6.45, 7) is 13.1. The lowest BCUT2D eigenvalue weighted by Gasteiger charge is -2.37. The molecule has 1 aromatic rings. The quantitative estimate of drug-likeness (QED) is 0.775. The molecule has 0 unspecified atom stereocenters. The van der Waals surface area contributed by atoms with Crippen LogP contribution in [0.1, 0.15) is 54.0 Å². The number of amides is 2. The minimum Gasteiger partial charge on any atom is -0.340 e. The van der Waals surface area contributed by atoms with Crippen LogP contribution < -0.4 is 0 Å². The Morgan fingerprint density at radius 3 is 2.11 bits per heavy atom. The summed E-state index contributed by atoms with van der Waals surface area (Å²) < 4.78 is 0. The third-order valence-corrected chi connectivity index (χ3v) is 7.15. The molecule has 27 heavy (non-hydrogen) atoms. The van der Waals surface area contributed by atoms with Crippen LogP contribution in [0.25, 0.3) is 0 Å². The molecule has 150 valence electrons. The number of aryl methyl sites for hydroxylation is 1. The van der Waals surface area contributed by atoms with E-state index in [-0.39, 0.29) is 23.1 Å². The molecule has 6 nitrogen and oxygen atoms in total. The number of piperazine rings is 1. The lowest BCUT2D eigenvalue weighted by Crippen LogP contribution is -2.51. The fourth-order valence-corrected chi connectivity index (χ4v) is 4.77. The van der Waals surface area contributed by atoms with E-state index in [4.69, 9.17) is 0 Å². The van der Waals surface area contributed by atoms with E-state index >= 15 is 0 Å². The second-order valence-corrected chi connectivity index (χ2v) is 9.88. The normalized spacial score (nSPS) is 20.2. The Morgan fingerprint density at radius 1 is 1.00 bits per heavy atom. The summed E-state index contributed by atoms with van der Waals surface area (Å²) in [6.07, 6.45) is 1.53. The molecule has 0 radical (unpaired) electrons. The number of likely N-dealkylation sites (N-methyl/N-ethyl adjacent to an activating group) is 1. The first-order chi connectivity index (χ1) is 12.7. The van der Waals surface area contributed by atoms with Crippen LogP contribution in [0, 0.1) is 12.8 Å². The maximum atomic E-state index is 13.0. The van der Waals surface area contributed by atoms with Crippen LogP contribution in [0.5, 0.6) is 0 Å². The number of hydrogen-bond acceptors (Lipinski definition) is 5. The molecule has 0 saturated carbocycles. The molecule has 0 aliphatic carbocycles. The van der Waals surface area contributed by atoms with Gasteiger partial charge in [-0.25, -0.2) is 4.98 Å². The van der Waals surface area contributed by atoms with E-state index in [9.17, 15) is 9.59 Å². The average Bonchev–Trinajstić information content (AvgIpc) is 3.03. The van der Waals surface area contributed by atoms with Gasteiger partial charge in [0.2, 0.25) is 5.91 Å². The van der Waals surface area contributed by atoms with Gasteiger partial charge in [-0.15, -0.1) is 11.3 Å². The van der Waals surface area contributed by atoms with Gasteiger partial charge in [0, 0.05) is 50.6 Å². The molecule has 2 aliphatic rings. The van der Waals surface area contributed by atoms with Gasteiger partial charge in [0.15, 0.2) is 0 Å². The maximum absolute atomic E-state index is 13.0. The smallest absolute Gasteiger partial charge is 0.265 e. The van der Waals surface area contributed by atoms with Crippen molar-refractivity contribution in [2.24, 2.45) is 5.92 Å². The van der Waals surface area contributed by atoms with Gasteiger partial charge in [-0.2, -0.15) is 0 Å².